The van der Waals surface area contributed by atoms with Crippen LogP contribution in [0.15, 0.2) is 0 Å². The summed E-state index contributed by atoms with van der Waals surface area (Å²) in [6, 6.07) is -2.24. The molecule has 29 heavy (non-hydrogen) atoms. The topological polar surface area (TPSA) is 132 Å². The van der Waals surface area contributed by atoms with Crippen LogP contribution < -0.4 is 10.6 Å². The molecule has 1 aromatic heterocycles. The van der Waals surface area contributed by atoms with Gasteiger partial charge in [0.2, 0.25) is 5.91 Å². The van der Waals surface area contributed by atoms with Crippen LogP contribution in [0.1, 0.15) is 58.0 Å². The Balaban J connectivity index is 2.85. The first kappa shape index (κ1) is 25.0. The van der Waals surface area contributed by atoms with Gasteiger partial charge in [-0.3, -0.25) is 14.8 Å². The van der Waals surface area contributed by atoms with Gasteiger partial charge in [-0.15, -0.1) is 16.4 Å². The minimum Gasteiger partial charge on any atom is -0.383 e. The standard InChI is InChI=1S/C19H32N4O5S/c1-10(2)8-9-13(24)16(26)23(28)18(27)21-14(19(5,6)7)15(25)22-17-20-11(3)12(4)29-17/h10,13-14,24,28H,8-9H2,1-7H3,(H,21,27)(H,20,22,25)/t13-,14?/m0/s1. The molecule has 1 rings (SSSR count). The number of rotatable bonds is 7. The van der Waals surface area contributed by atoms with Crippen molar-refractivity contribution in [3.05, 3.63) is 10.6 Å². The lowest BCUT2D eigenvalue weighted by Gasteiger charge is -2.31. The molecule has 1 heterocycles. The van der Waals surface area contributed by atoms with Crippen molar-refractivity contribution >= 4 is 34.3 Å². The van der Waals surface area contributed by atoms with Crippen LogP contribution in [0.5, 0.6) is 0 Å². The smallest absolute Gasteiger partial charge is 0.349 e. The molecule has 0 aliphatic rings. The maximum Gasteiger partial charge on any atom is 0.349 e. The van der Waals surface area contributed by atoms with Crippen molar-refractivity contribution in [1.82, 2.24) is 15.4 Å². The van der Waals surface area contributed by atoms with E-state index in [4.69, 9.17) is 0 Å². The highest BCUT2D eigenvalue weighted by Crippen LogP contribution is 2.24. The van der Waals surface area contributed by atoms with E-state index >= 15 is 0 Å². The number of aromatic nitrogens is 1. The van der Waals surface area contributed by atoms with Crippen LogP contribution in [0, 0.1) is 25.2 Å². The Hall–Kier alpha value is -2.04. The molecule has 2 atom stereocenters. The number of aryl methyl sites for hydroxylation is 2. The van der Waals surface area contributed by atoms with Crippen molar-refractivity contribution in [2.24, 2.45) is 11.3 Å². The number of imide groups is 1. The van der Waals surface area contributed by atoms with Gasteiger partial charge in [-0.1, -0.05) is 34.6 Å². The number of aliphatic hydroxyl groups is 1. The van der Waals surface area contributed by atoms with Gasteiger partial charge in [-0.05, 0) is 38.0 Å². The lowest BCUT2D eigenvalue weighted by molar-refractivity contribution is -0.163. The molecule has 0 saturated heterocycles. The number of urea groups is 1. The number of aliphatic hydroxyl groups excluding tert-OH is 1. The SMILES string of the molecule is Cc1nc(NC(=O)C(NC(=O)N(O)C(=O)[C@@H](O)CCC(C)C)C(C)(C)C)sc1C. The molecular formula is C19H32N4O5S. The van der Waals surface area contributed by atoms with Crippen molar-refractivity contribution < 1.29 is 24.7 Å². The van der Waals surface area contributed by atoms with Crippen molar-refractivity contribution in [3.63, 3.8) is 0 Å². The predicted molar refractivity (Wildman–Crippen MR) is 111 cm³/mol. The van der Waals surface area contributed by atoms with Crippen LogP contribution in [-0.4, -0.2) is 50.4 Å². The van der Waals surface area contributed by atoms with Gasteiger partial charge in [0.25, 0.3) is 5.91 Å². The Morgan fingerprint density at radius 2 is 1.76 bits per heavy atom. The highest BCUT2D eigenvalue weighted by Gasteiger charge is 2.36. The van der Waals surface area contributed by atoms with E-state index in [0.717, 1.165) is 10.6 Å². The summed E-state index contributed by atoms with van der Waals surface area (Å²) in [6.07, 6.45) is -0.828. The highest BCUT2D eigenvalue weighted by atomic mass is 32.1. The van der Waals surface area contributed by atoms with Crippen LogP contribution in [0.2, 0.25) is 0 Å². The molecule has 9 nitrogen and oxygen atoms in total. The van der Waals surface area contributed by atoms with Crippen molar-refractivity contribution in [3.8, 4) is 0 Å². The second kappa shape index (κ2) is 10.1. The molecule has 0 saturated carbocycles. The lowest BCUT2D eigenvalue weighted by atomic mass is 9.86. The molecular weight excluding hydrogens is 396 g/mol. The fourth-order valence-corrected chi connectivity index (χ4v) is 3.24. The third kappa shape index (κ3) is 7.37. The summed E-state index contributed by atoms with van der Waals surface area (Å²) in [5.74, 6) is -1.41. The zero-order valence-electron chi connectivity index (χ0n) is 18.1. The number of carbonyl (C=O) groups is 3. The molecule has 0 radical (unpaired) electrons. The number of hydrogen-bond acceptors (Lipinski definition) is 7. The number of hydroxylamine groups is 2. The Labute approximate surface area is 175 Å². The number of nitrogens with one attached hydrogen (secondary N) is 2. The molecule has 10 heteroatoms. The molecule has 0 aromatic carbocycles. The summed E-state index contributed by atoms with van der Waals surface area (Å²) in [7, 11) is 0. The summed E-state index contributed by atoms with van der Waals surface area (Å²) in [6.45, 7) is 12.8. The van der Waals surface area contributed by atoms with E-state index in [1.165, 1.54) is 11.3 Å². The van der Waals surface area contributed by atoms with Crippen LogP contribution in [0.4, 0.5) is 9.93 Å². The number of hydrogen-bond donors (Lipinski definition) is 4. The summed E-state index contributed by atoms with van der Waals surface area (Å²) < 4.78 is 0. The maximum absolute atomic E-state index is 12.7. The monoisotopic (exact) mass is 428 g/mol. The van der Waals surface area contributed by atoms with Crippen molar-refractivity contribution in [2.75, 3.05) is 5.32 Å². The zero-order valence-corrected chi connectivity index (χ0v) is 18.9. The molecule has 4 amide bonds. The van der Waals surface area contributed by atoms with Gasteiger partial charge in [0, 0.05) is 4.88 Å². The number of nitrogens with zero attached hydrogens (tertiary/aromatic N) is 2. The maximum atomic E-state index is 12.7. The molecule has 0 spiro atoms. The summed E-state index contributed by atoms with van der Waals surface area (Å²) in [4.78, 5) is 42.3. The van der Waals surface area contributed by atoms with Gasteiger partial charge in [-0.25, -0.2) is 9.78 Å². The molecule has 0 aliphatic heterocycles. The Bertz CT molecular complexity index is 722. The van der Waals surface area contributed by atoms with Gasteiger partial charge < -0.3 is 15.7 Å². The third-order valence-electron chi connectivity index (χ3n) is 4.36. The molecule has 164 valence electrons. The zero-order chi connectivity index (χ0) is 22.5. The Morgan fingerprint density at radius 3 is 2.21 bits per heavy atom. The van der Waals surface area contributed by atoms with Crippen molar-refractivity contribution in [1.29, 1.82) is 0 Å². The summed E-state index contributed by atoms with van der Waals surface area (Å²) >= 11 is 1.31. The van der Waals surface area contributed by atoms with E-state index in [0.29, 0.717) is 11.6 Å². The highest BCUT2D eigenvalue weighted by molar-refractivity contribution is 7.15. The average Bonchev–Trinajstić information content (AvgIpc) is 2.91. The quantitative estimate of drug-likeness (QED) is 0.390. The van der Waals surface area contributed by atoms with Crippen molar-refractivity contribution in [2.45, 2.75) is 73.5 Å². The van der Waals surface area contributed by atoms with Crippen LogP contribution in [-0.2, 0) is 9.59 Å². The fraction of sp³-hybridized carbons (Fsp3) is 0.684. The minimum atomic E-state index is -1.50. The molecule has 4 N–H and O–H groups in total. The first-order chi connectivity index (χ1) is 13.2. The van der Waals surface area contributed by atoms with Gasteiger partial charge >= 0.3 is 6.03 Å². The lowest BCUT2D eigenvalue weighted by Crippen LogP contribution is -2.56. The molecule has 0 bridgehead atoms. The Kier molecular flexibility index (Phi) is 8.73. The predicted octanol–water partition coefficient (Wildman–Crippen LogP) is 2.84. The van der Waals surface area contributed by atoms with Gasteiger partial charge in [-0.2, -0.15) is 0 Å². The van der Waals surface area contributed by atoms with Gasteiger partial charge in [0.1, 0.15) is 12.1 Å². The minimum absolute atomic E-state index is 0.118. The number of amides is 4. The largest absolute Gasteiger partial charge is 0.383 e. The number of thiazole rings is 1. The molecule has 1 unspecified atom stereocenters. The van der Waals surface area contributed by atoms with E-state index in [2.05, 4.69) is 15.6 Å². The van der Waals surface area contributed by atoms with Gasteiger partial charge in [0.15, 0.2) is 5.13 Å². The average molecular weight is 429 g/mol. The van der Waals surface area contributed by atoms with E-state index in [1.54, 1.807) is 20.8 Å². The fourth-order valence-electron chi connectivity index (χ4n) is 2.42. The third-order valence-corrected chi connectivity index (χ3v) is 5.35. The van der Waals surface area contributed by atoms with E-state index in [9.17, 15) is 24.7 Å². The van der Waals surface area contributed by atoms with Crippen LogP contribution >= 0.6 is 11.3 Å². The van der Waals surface area contributed by atoms with E-state index < -0.39 is 35.4 Å². The summed E-state index contributed by atoms with van der Waals surface area (Å²) in [5, 5.41) is 25.1. The van der Waals surface area contributed by atoms with Crippen LogP contribution in [0.3, 0.4) is 0 Å². The van der Waals surface area contributed by atoms with Gasteiger partial charge in [0.05, 0.1) is 5.69 Å². The number of carbonyl (C=O) groups excluding carboxylic acids is 3. The number of anilines is 1. The second-order valence-electron chi connectivity index (χ2n) is 8.54. The second-order valence-corrected chi connectivity index (χ2v) is 9.74. The molecule has 1 aromatic rings. The van der Waals surface area contributed by atoms with E-state index in [-0.39, 0.29) is 17.4 Å². The Morgan fingerprint density at radius 1 is 1.17 bits per heavy atom. The first-order valence-corrected chi connectivity index (χ1v) is 10.3. The van der Waals surface area contributed by atoms with Crippen LogP contribution in [0.25, 0.3) is 0 Å². The molecule has 0 aliphatic carbocycles. The normalized spacial score (nSPS) is 13.7. The summed E-state index contributed by atoms with van der Waals surface area (Å²) in [5.41, 5.74) is 0.0745. The molecule has 0 fully saturated rings. The van der Waals surface area contributed by atoms with E-state index in [1.807, 2.05) is 27.7 Å². The first-order valence-electron chi connectivity index (χ1n) is 9.50.